The van der Waals surface area contributed by atoms with Gasteiger partial charge in [-0.25, -0.2) is 4.98 Å². The molecule has 0 aliphatic carbocycles. The van der Waals surface area contributed by atoms with Crippen molar-refractivity contribution in [1.82, 2.24) is 9.88 Å². The molecule has 2 saturated heterocycles. The van der Waals surface area contributed by atoms with Gasteiger partial charge in [-0.05, 0) is 25.8 Å². The zero-order valence-corrected chi connectivity index (χ0v) is 10.7. The van der Waals surface area contributed by atoms with Crippen molar-refractivity contribution in [1.29, 1.82) is 0 Å². The maximum atomic E-state index is 5.83. The normalized spacial score (nSPS) is 30.3. The summed E-state index contributed by atoms with van der Waals surface area (Å²) in [7, 11) is 0. The Bertz CT molecular complexity index is 368. The summed E-state index contributed by atoms with van der Waals surface area (Å²) < 4.78 is 0. The standard InChI is InChI=1S/C11H16ClN3S/c12-10-7-16-11(14-10)13-8-4-6-15-5-2-1-3-9(8)15/h7-9H,1-6H2,(H,13,14). The average molecular weight is 258 g/mol. The predicted octanol–water partition coefficient (Wildman–Crippen LogP) is 2.84. The molecule has 2 aliphatic heterocycles. The lowest BCUT2D eigenvalue weighted by Crippen LogP contribution is -2.41. The van der Waals surface area contributed by atoms with E-state index in [1.165, 1.54) is 38.8 Å². The monoisotopic (exact) mass is 257 g/mol. The molecule has 3 rings (SSSR count). The van der Waals surface area contributed by atoms with Crippen molar-refractivity contribution in [2.24, 2.45) is 0 Å². The highest BCUT2D eigenvalue weighted by Gasteiger charge is 2.35. The van der Waals surface area contributed by atoms with Crippen LogP contribution in [0.4, 0.5) is 5.13 Å². The lowest BCUT2D eigenvalue weighted by molar-refractivity contribution is 0.193. The Hall–Kier alpha value is -0.320. The van der Waals surface area contributed by atoms with Crippen LogP contribution < -0.4 is 5.32 Å². The van der Waals surface area contributed by atoms with Gasteiger partial charge >= 0.3 is 0 Å². The third kappa shape index (κ3) is 2.06. The third-order valence-electron chi connectivity index (χ3n) is 3.64. The second-order valence-corrected chi connectivity index (χ2v) is 5.86. The van der Waals surface area contributed by atoms with Gasteiger partial charge in [-0.3, -0.25) is 4.90 Å². The lowest BCUT2D eigenvalue weighted by atomic mass is 9.99. The number of nitrogens with zero attached hydrogens (tertiary/aromatic N) is 2. The minimum atomic E-state index is 0.572. The van der Waals surface area contributed by atoms with Crippen molar-refractivity contribution in [2.45, 2.75) is 37.8 Å². The van der Waals surface area contributed by atoms with E-state index in [2.05, 4.69) is 15.2 Å². The fraction of sp³-hybridized carbons (Fsp3) is 0.727. The van der Waals surface area contributed by atoms with Crippen LogP contribution in [-0.2, 0) is 0 Å². The second kappa shape index (κ2) is 4.51. The molecule has 1 aromatic heterocycles. The highest BCUT2D eigenvalue weighted by molar-refractivity contribution is 7.14. The van der Waals surface area contributed by atoms with Gasteiger partial charge in [0.15, 0.2) is 5.13 Å². The Kier molecular flexibility index (Phi) is 3.05. The molecule has 2 unspecified atom stereocenters. The maximum Gasteiger partial charge on any atom is 0.184 e. The van der Waals surface area contributed by atoms with Crippen LogP contribution in [0.15, 0.2) is 5.38 Å². The van der Waals surface area contributed by atoms with Gasteiger partial charge in [0, 0.05) is 24.0 Å². The number of piperidine rings is 1. The summed E-state index contributed by atoms with van der Waals surface area (Å²) in [6, 6.07) is 1.29. The summed E-state index contributed by atoms with van der Waals surface area (Å²) in [5, 5.41) is 7.01. The van der Waals surface area contributed by atoms with Crippen LogP contribution in [0.5, 0.6) is 0 Å². The topological polar surface area (TPSA) is 28.2 Å². The zero-order chi connectivity index (χ0) is 11.0. The summed E-state index contributed by atoms with van der Waals surface area (Å²) in [6.45, 7) is 2.52. The van der Waals surface area contributed by atoms with Gasteiger partial charge < -0.3 is 5.32 Å². The molecule has 0 bridgehead atoms. The number of fused-ring (bicyclic) bond motifs is 1. The molecule has 5 heteroatoms. The van der Waals surface area contributed by atoms with E-state index in [0.717, 1.165) is 11.2 Å². The third-order valence-corrected chi connectivity index (χ3v) is 4.74. The van der Waals surface area contributed by atoms with Crippen LogP contribution in [0, 0.1) is 0 Å². The van der Waals surface area contributed by atoms with Crippen molar-refractivity contribution >= 4 is 28.1 Å². The molecule has 3 nitrogen and oxygen atoms in total. The molecule has 1 aromatic rings. The lowest BCUT2D eigenvalue weighted by Gasteiger charge is -2.32. The molecule has 0 amide bonds. The molecule has 2 aliphatic rings. The van der Waals surface area contributed by atoms with Crippen LogP contribution in [0.1, 0.15) is 25.7 Å². The van der Waals surface area contributed by atoms with Gasteiger partial charge in [-0.1, -0.05) is 18.0 Å². The van der Waals surface area contributed by atoms with E-state index in [4.69, 9.17) is 11.6 Å². The number of thiazole rings is 1. The first kappa shape index (κ1) is 10.8. The Morgan fingerprint density at radius 2 is 2.31 bits per heavy atom. The first-order chi connectivity index (χ1) is 7.83. The van der Waals surface area contributed by atoms with Crippen molar-refractivity contribution < 1.29 is 0 Å². The van der Waals surface area contributed by atoms with E-state index in [0.29, 0.717) is 11.2 Å². The van der Waals surface area contributed by atoms with Crippen LogP contribution in [-0.4, -0.2) is 35.1 Å². The predicted molar refractivity (Wildman–Crippen MR) is 68.4 cm³/mol. The van der Waals surface area contributed by atoms with Gasteiger partial charge in [-0.15, -0.1) is 11.3 Å². The number of rotatable bonds is 2. The molecule has 2 fully saturated rings. The minimum absolute atomic E-state index is 0.572. The smallest absolute Gasteiger partial charge is 0.184 e. The number of halogens is 1. The molecule has 0 spiro atoms. The Morgan fingerprint density at radius 1 is 1.38 bits per heavy atom. The molecular weight excluding hydrogens is 242 g/mol. The molecule has 1 N–H and O–H groups in total. The maximum absolute atomic E-state index is 5.83. The van der Waals surface area contributed by atoms with Gasteiger partial charge in [-0.2, -0.15) is 0 Å². The Labute approximate surface area is 105 Å². The van der Waals surface area contributed by atoms with Crippen LogP contribution >= 0.6 is 22.9 Å². The largest absolute Gasteiger partial charge is 0.357 e. The Morgan fingerprint density at radius 3 is 3.12 bits per heavy atom. The molecule has 0 saturated carbocycles. The van der Waals surface area contributed by atoms with Crippen LogP contribution in [0.2, 0.25) is 5.15 Å². The van der Waals surface area contributed by atoms with Gasteiger partial charge in [0.2, 0.25) is 0 Å². The molecule has 16 heavy (non-hydrogen) atoms. The highest BCUT2D eigenvalue weighted by atomic mass is 35.5. The first-order valence-corrected chi connectivity index (χ1v) is 7.20. The fourth-order valence-electron chi connectivity index (χ4n) is 2.89. The average Bonchev–Trinajstić information content (AvgIpc) is 2.87. The molecule has 2 atom stereocenters. The highest BCUT2D eigenvalue weighted by Crippen LogP contribution is 2.30. The van der Waals surface area contributed by atoms with E-state index < -0.39 is 0 Å². The van der Waals surface area contributed by atoms with Crippen molar-refractivity contribution in [3.63, 3.8) is 0 Å². The first-order valence-electron chi connectivity index (χ1n) is 5.94. The van der Waals surface area contributed by atoms with E-state index in [9.17, 15) is 0 Å². The summed E-state index contributed by atoms with van der Waals surface area (Å²) >= 11 is 7.44. The fourth-order valence-corrected chi connectivity index (χ4v) is 3.80. The van der Waals surface area contributed by atoms with E-state index in [1.54, 1.807) is 11.3 Å². The van der Waals surface area contributed by atoms with Crippen LogP contribution in [0.3, 0.4) is 0 Å². The molecule has 0 radical (unpaired) electrons. The zero-order valence-electron chi connectivity index (χ0n) is 9.16. The molecule has 88 valence electrons. The van der Waals surface area contributed by atoms with Crippen molar-refractivity contribution in [3.05, 3.63) is 10.5 Å². The number of aromatic nitrogens is 1. The summed E-state index contributed by atoms with van der Waals surface area (Å²) in [5.41, 5.74) is 0. The van der Waals surface area contributed by atoms with E-state index >= 15 is 0 Å². The van der Waals surface area contributed by atoms with Crippen LogP contribution in [0.25, 0.3) is 0 Å². The number of anilines is 1. The summed E-state index contributed by atoms with van der Waals surface area (Å²) in [5.74, 6) is 0. The quantitative estimate of drug-likeness (QED) is 0.883. The van der Waals surface area contributed by atoms with Gasteiger partial charge in [0.05, 0.1) is 0 Å². The van der Waals surface area contributed by atoms with Crippen molar-refractivity contribution in [2.75, 3.05) is 18.4 Å². The minimum Gasteiger partial charge on any atom is -0.357 e. The van der Waals surface area contributed by atoms with E-state index in [1.807, 2.05) is 5.38 Å². The SMILES string of the molecule is Clc1csc(NC2CCN3CCCCC23)n1. The summed E-state index contributed by atoms with van der Waals surface area (Å²) in [4.78, 5) is 6.89. The van der Waals surface area contributed by atoms with E-state index in [-0.39, 0.29) is 0 Å². The second-order valence-electron chi connectivity index (χ2n) is 4.61. The molecular formula is C11H16ClN3S. The van der Waals surface area contributed by atoms with Crippen molar-refractivity contribution in [3.8, 4) is 0 Å². The number of nitrogens with one attached hydrogen (secondary N) is 1. The summed E-state index contributed by atoms with van der Waals surface area (Å²) in [6.07, 6.45) is 5.31. The Balaban J connectivity index is 1.67. The van der Waals surface area contributed by atoms with Gasteiger partial charge in [0.25, 0.3) is 0 Å². The molecule has 3 heterocycles. The number of hydrogen-bond acceptors (Lipinski definition) is 4. The molecule has 0 aromatic carbocycles. The number of hydrogen-bond donors (Lipinski definition) is 1. The van der Waals surface area contributed by atoms with Gasteiger partial charge in [0.1, 0.15) is 5.15 Å².